The number of nitrogens with two attached hydrogens (primary N) is 1. The standard InChI is InChI=1S/C13H16N2OS/c1-3-16-11-6-10(7-15-8-11)12(14)13-9(2)4-5-17-13/h4-8,12H,3,14H2,1-2H3. The molecule has 0 saturated heterocycles. The summed E-state index contributed by atoms with van der Waals surface area (Å²) in [7, 11) is 0. The number of hydrogen-bond acceptors (Lipinski definition) is 4. The van der Waals surface area contributed by atoms with Gasteiger partial charge in [0.15, 0.2) is 0 Å². The van der Waals surface area contributed by atoms with Crippen LogP contribution in [0.5, 0.6) is 5.75 Å². The summed E-state index contributed by atoms with van der Waals surface area (Å²) in [5, 5.41) is 2.06. The lowest BCUT2D eigenvalue weighted by molar-refractivity contribution is 0.338. The van der Waals surface area contributed by atoms with E-state index in [0.717, 1.165) is 11.3 Å². The molecule has 0 aliphatic heterocycles. The third kappa shape index (κ3) is 2.65. The van der Waals surface area contributed by atoms with Crippen LogP contribution in [0.15, 0.2) is 29.9 Å². The van der Waals surface area contributed by atoms with E-state index in [2.05, 4.69) is 23.4 Å². The maximum Gasteiger partial charge on any atom is 0.137 e. The molecule has 2 rings (SSSR count). The topological polar surface area (TPSA) is 48.1 Å². The highest BCUT2D eigenvalue weighted by Gasteiger charge is 2.13. The third-order valence-corrected chi connectivity index (χ3v) is 3.69. The molecule has 4 heteroatoms. The Hall–Kier alpha value is -1.39. The summed E-state index contributed by atoms with van der Waals surface area (Å²) >= 11 is 1.68. The molecule has 1 unspecified atom stereocenters. The number of nitrogens with zero attached hydrogens (tertiary/aromatic N) is 1. The van der Waals surface area contributed by atoms with Crippen LogP contribution in [0, 0.1) is 6.92 Å². The highest BCUT2D eigenvalue weighted by atomic mass is 32.1. The number of aryl methyl sites for hydroxylation is 1. The van der Waals surface area contributed by atoms with Crippen LogP contribution >= 0.6 is 11.3 Å². The quantitative estimate of drug-likeness (QED) is 0.905. The van der Waals surface area contributed by atoms with Crippen molar-refractivity contribution in [3.8, 4) is 5.75 Å². The van der Waals surface area contributed by atoms with Gasteiger partial charge in [0.2, 0.25) is 0 Å². The molecule has 1 atom stereocenters. The van der Waals surface area contributed by atoms with Crippen molar-refractivity contribution in [3.05, 3.63) is 45.9 Å². The summed E-state index contributed by atoms with van der Waals surface area (Å²) in [6, 6.07) is 3.92. The van der Waals surface area contributed by atoms with E-state index in [1.165, 1.54) is 10.4 Å². The van der Waals surface area contributed by atoms with Crippen molar-refractivity contribution < 1.29 is 4.74 Å². The minimum Gasteiger partial charge on any atom is -0.492 e. The molecule has 2 N–H and O–H groups in total. The Morgan fingerprint density at radius 2 is 2.29 bits per heavy atom. The van der Waals surface area contributed by atoms with Gasteiger partial charge in [-0.2, -0.15) is 0 Å². The first-order valence-electron chi connectivity index (χ1n) is 5.59. The molecule has 0 bridgehead atoms. The van der Waals surface area contributed by atoms with Crippen LogP contribution in [0.4, 0.5) is 0 Å². The molecule has 2 aromatic rings. The van der Waals surface area contributed by atoms with Gasteiger partial charge < -0.3 is 10.5 Å². The lowest BCUT2D eigenvalue weighted by Gasteiger charge is -2.12. The predicted molar refractivity (Wildman–Crippen MR) is 70.5 cm³/mol. The van der Waals surface area contributed by atoms with Crippen molar-refractivity contribution in [1.29, 1.82) is 0 Å². The number of ether oxygens (including phenoxy) is 1. The van der Waals surface area contributed by atoms with Crippen LogP contribution in [-0.4, -0.2) is 11.6 Å². The molecule has 0 aliphatic carbocycles. The van der Waals surface area contributed by atoms with Crippen LogP contribution in [0.3, 0.4) is 0 Å². The molecule has 0 spiro atoms. The first-order chi connectivity index (χ1) is 8.22. The third-order valence-electron chi connectivity index (χ3n) is 2.59. The molecule has 2 heterocycles. The van der Waals surface area contributed by atoms with Crippen LogP contribution in [0.25, 0.3) is 0 Å². The second-order valence-corrected chi connectivity index (χ2v) is 4.78. The Bertz CT molecular complexity index is 496. The molecular formula is C13H16N2OS. The fourth-order valence-electron chi connectivity index (χ4n) is 1.71. The van der Waals surface area contributed by atoms with Crippen molar-refractivity contribution in [2.24, 2.45) is 5.73 Å². The molecule has 90 valence electrons. The van der Waals surface area contributed by atoms with Crippen molar-refractivity contribution in [2.75, 3.05) is 6.61 Å². The lowest BCUT2D eigenvalue weighted by Crippen LogP contribution is -2.11. The zero-order valence-corrected chi connectivity index (χ0v) is 10.8. The monoisotopic (exact) mass is 248 g/mol. The molecule has 17 heavy (non-hydrogen) atoms. The van der Waals surface area contributed by atoms with Gasteiger partial charge in [0, 0.05) is 11.1 Å². The second kappa shape index (κ2) is 5.29. The number of hydrogen-bond donors (Lipinski definition) is 1. The normalized spacial score (nSPS) is 12.4. The highest BCUT2D eigenvalue weighted by molar-refractivity contribution is 7.10. The van der Waals surface area contributed by atoms with Gasteiger partial charge in [-0.25, -0.2) is 0 Å². The smallest absolute Gasteiger partial charge is 0.137 e. The minimum atomic E-state index is -0.122. The van der Waals surface area contributed by atoms with Gasteiger partial charge >= 0.3 is 0 Å². The van der Waals surface area contributed by atoms with E-state index in [9.17, 15) is 0 Å². The Balaban J connectivity index is 2.28. The van der Waals surface area contributed by atoms with E-state index >= 15 is 0 Å². The van der Waals surface area contributed by atoms with Gasteiger partial charge in [-0.3, -0.25) is 4.98 Å². The van der Waals surface area contributed by atoms with Gasteiger partial charge in [0.25, 0.3) is 0 Å². The van der Waals surface area contributed by atoms with E-state index in [1.807, 2.05) is 13.0 Å². The maximum absolute atomic E-state index is 6.24. The van der Waals surface area contributed by atoms with Crippen molar-refractivity contribution in [3.63, 3.8) is 0 Å². The molecule has 3 nitrogen and oxygen atoms in total. The fraction of sp³-hybridized carbons (Fsp3) is 0.308. The summed E-state index contributed by atoms with van der Waals surface area (Å²) in [5.74, 6) is 0.773. The molecular weight excluding hydrogens is 232 g/mol. The molecule has 0 amide bonds. The SMILES string of the molecule is CCOc1cncc(C(N)c2sccc2C)c1. The summed E-state index contributed by atoms with van der Waals surface area (Å²) < 4.78 is 5.43. The largest absolute Gasteiger partial charge is 0.492 e. The van der Waals surface area contributed by atoms with Crippen molar-refractivity contribution >= 4 is 11.3 Å². The summed E-state index contributed by atoms with van der Waals surface area (Å²) in [4.78, 5) is 5.34. The van der Waals surface area contributed by atoms with Crippen LogP contribution in [0.2, 0.25) is 0 Å². The van der Waals surface area contributed by atoms with Gasteiger partial charge in [-0.15, -0.1) is 11.3 Å². The highest BCUT2D eigenvalue weighted by Crippen LogP contribution is 2.28. The summed E-state index contributed by atoms with van der Waals surface area (Å²) in [6.07, 6.45) is 3.51. The minimum absolute atomic E-state index is 0.122. The average Bonchev–Trinajstić information content (AvgIpc) is 2.75. The molecule has 0 aromatic carbocycles. The number of thiophene rings is 1. The molecule has 0 fully saturated rings. The number of aromatic nitrogens is 1. The van der Waals surface area contributed by atoms with Gasteiger partial charge in [0.1, 0.15) is 5.75 Å². The summed E-state index contributed by atoms with van der Waals surface area (Å²) in [5.41, 5.74) is 8.46. The Morgan fingerprint density at radius 1 is 1.47 bits per heavy atom. The predicted octanol–water partition coefficient (Wildman–Crippen LogP) is 2.90. The molecule has 0 aliphatic rings. The fourth-order valence-corrected chi connectivity index (χ4v) is 2.66. The first kappa shape index (κ1) is 12.1. The summed E-state index contributed by atoms with van der Waals surface area (Å²) in [6.45, 7) is 4.67. The van der Waals surface area contributed by atoms with Gasteiger partial charge in [-0.05, 0) is 42.5 Å². The van der Waals surface area contributed by atoms with Crippen molar-refractivity contribution in [1.82, 2.24) is 4.98 Å². The Labute approximate surface area is 105 Å². The van der Waals surface area contributed by atoms with Crippen LogP contribution in [0.1, 0.15) is 29.0 Å². The zero-order valence-electron chi connectivity index (χ0n) is 10.0. The van der Waals surface area contributed by atoms with E-state index in [-0.39, 0.29) is 6.04 Å². The lowest BCUT2D eigenvalue weighted by atomic mass is 10.1. The second-order valence-electron chi connectivity index (χ2n) is 3.83. The molecule has 0 saturated carbocycles. The number of pyridine rings is 1. The van der Waals surface area contributed by atoms with Crippen molar-refractivity contribution in [2.45, 2.75) is 19.9 Å². The van der Waals surface area contributed by atoms with Gasteiger partial charge in [-0.1, -0.05) is 0 Å². The van der Waals surface area contributed by atoms with Gasteiger partial charge in [0.05, 0.1) is 18.8 Å². The maximum atomic E-state index is 6.24. The Kier molecular flexibility index (Phi) is 3.76. The van der Waals surface area contributed by atoms with E-state index in [1.54, 1.807) is 23.7 Å². The van der Waals surface area contributed by atoms with Crippen LogP contribution in [-0.2, 0) is 0 Å². The van der Waals surface area contributed by atoms with Crippen LogP contribution < -0.4 is 10.5 Å². The Morgan fingerprint density at radius 3 is 2.94 bits per heavy atom. The van der Waals surface area contributed by atoms with E-state index in [0.29, 0.717) is 6.61 Å². The molecule has 2 aromatic heterocycles. The van der Waals surface area contributed by atoms with E-state index in [4.69, 9.17) is 10.5 Å². The molecule has 0 radical (unpaired) electrons. The number of rotatable bonds is 4. The average molecular weight is 248 g/mol. The first-order valence-corrected chi connectivity index (χ1v) is 6.47. The van der Waals surface area contributed by atoms with E-state index < -0.39 is 0 Å². The zero-order chi connectivity index (χ0) is 12.3.